The third-order valence-electron chi connectivity index (χ3n) is 5.29. The summed E-state index contributed by atoms with van der Waals surface area (Å²) in [5, 5.41) is 24.6. The zero-order valence-corrected chi connectivity index (χ0v) is 20.0. The summed E-state index contributed by atoms with van der Waals surface area (Å²) in [7, 11) is 0. The van der Waals surface area contributed by atoms with Gasteiger partial charge in [0.1, 0.15) is 22.5 Å². The molecule has 0 aliphatic heterocycles. The molecular formula is C26H31N3O2S. The van der Waals surface area contributed by atoms with Gasteiger partial charge in [-0.2, -0.15) is 5.26 Å². The van der Waals surface area contributed by atoms with E-state index in [1.54, 1.807) is 0 Å². The molecule has 0 aliphatic rings. The van der Waals surface area contributed by atoms with Crippen LogP contribution in [0.25, 0.3) is 27.7 Å². The predicted molar refractivity (Wildman–Crippen MR) is 135 cm³/mol. The van der Waals surface area contributed by atoms with E-state index in [1.807, 2.05) is 32.9 Å². The van der Waals surface area contributed by atoms with Crippen molar-refractivity contribution in [2.75, 3.05) is 18.5 Å². The lowest BCUT2D eigenvalue weighted by Gasteiger charge is -2.24. The molecule has 6 heteroatoms. The molecule has 1 heterocycles. The molecule has 3 N–H and O–H groups in total. The van der Waals surface area contributed by atoms with Gasteiger partial charge in [-0.1, -0.05) is 25.1 Å². The molecule has 0 saturated heterocycles. The number of nitrogens with zero attached hydrogens (tertiary/aromatic N) is 1. The fraction of sp³-hybridized carbons (Fsp3) is 0.346. The summed E-state index contributed by atoms with van der Waals surface area (Å²) >= 11 is 1.28. The van der Waals surface area contributed by atoms with Crippen LogP contribution in [0.3, 0.4) is 0 Å². The van der Waals surface area contributed by atoms with Gasteiger partial charge in [-0.25, -0.2) is 0 Å². The van der Waals surface area contributed by atoms with Crippen molar-refractivity contribution in [3.63, 3.8) is 0 Å². The molecule has 0 bridgehead atoms. The Kier molecular flexibility index (Phi) is 8.03. The van der Waals surface area contributed by atoms with Crippen LogP contribution in [-0.2, 0) is 0 Å². The standard InChI is InChI=1S/C26H31N3O2S/c1-5-13-28-22-9-8-19-15-21(7-6-20(19)16-22)24-11-10-23(31-24)18(2)25(17-27)32-29-26(3,4)12-14-30/h6-11,15-16,28-30H,5,12-14H2,1-4H3/b25-18+. The first-order valence-corrected chi connectivity index (χ1v) is 11.7. The average Bonchev–Trinajstić information content (AvgIpc) is 3.27. The summed E-state index contributed by atoms with van der Waals surface area (Å²) in [6.45, 7) is 9.09. The van der Waals surface area contributed by atoms with Crippen molar-refractivity contribution in [3.05, 3.63) is 59.2 Å². The van der Waals surface area contributed by atoms with E-state index in [0.717, 1.165) is 40.9 Å². The minimum atomic E-state index is -0.285. The second-order valence-corrected chi connectivity index (χ2v) is 9.31. The maximum atomic E-state index is 9.64. The van der Waals surface area contributed by atoms with Crippen molar-refractivity contribution in [2.24, 2.45) is 0 Å². The van der Waals surface area contributed by atoms with Crippen LogP contribution >= 0.6 is 11.9 Å². The van der Waals surface area contributed by atoms with Crippen LogP contribution in [0.4, 0.5) is 5.69 Å². The highest BCUT2D eigenvalue weighted by Crippen LogP contribution is 2.32. The van der Waals surface area contributed by atoms with E-state index in [2.05, 4.69) is 59.4 Å². The monoisotopic (exact) mass is 449 g/mol. The highest BCUT2D eigenvalue weighted by molar-refractivity contribution is 8.01. The summed E-state index contributed by atoms with van der Waals surface area (Å²) < 4.78 is 9.38. The molecule has 0 fully saturated rings. The van der Waals surface area contributed by atoms with Gasteiger partial charge in [0.25, 0.3) is 0 Å². The van der Waals surface area contributed by atoms with Gasteiger partial charge in [0.05, 0.1) is 0 Å². The third kappa shape index (κ3) is 5.95. The largest absolute Gasteiger partial charge is 0.456 e. The Hall–Kier alpha value is -2.72. The second kappa shape index (κ2) is 10.7. The summed E-state index contributed by atoms with van der Waals surface area (Å²) in [6, 6.07) is 18.8. The van der Waals surface area contributed by atoms with Gasteiger partial charge in [0, 0.05) is 35.5 Å². The summed E-state index contributed by atoms with van der Waals surface area (Å²) in [6.07, 6.45) is 1.69. The maximum absolute atomic E-state index is 9.64. The number of hydrogen-bond donors (Lipinski definition) is 3. The minimum absolute atomic E-state index is 0.0923. The van der Waals surface area contributed by atoms with Gasteiger partial charge in [0.15, 0.2) is 0 Å². The van der Waals surface area contributed by atoms with E-state index >= 15 is 0 Å². The first-order valence-electron chi connectivity index (χ1n) is 10.9. The van der Waals surface area contributed by atoms with Crippen LogP contribution in [-0.4, -0.2) is 23.8 Å². The highest BCUT2D eigenvalue weighted by atomic mass is 32.2. The van der Waals surface area contributed by atoms with Crippen LogP contribution in [0.1, 0.15) is 46.3 Å². The first kappa shape index (κ1) is 23.9. The van der Waals surface area contributed by atoms with Crippen LogP contribution in [0.2, 0.25) is 0 Å². The SMILES string of the molecule is CCCNc1ccc2cc(-c3ccc(/C(C)=C(\C#N)SNC(C)(C)CCO)o3)ccc2c1. The van der Waals surface area contributed by atoms with E-state index in [9.17, 15) is 10.4 Å². The van der Waals surface area contributed by atoms with Crippen LogP contribution in [0.5, 0.6) is 0 Å². The molecule has 3 rings (SSSR count). The molecule has 0 radical (unpaired) electrons. The molecule has 0 aliphatic carbocycles. The van der Waals surface area contributed by atoms with Crippen molar-refractivity contribution in [1.29, 1.82) is 5.26 Å². The third-order valence-corrected chi connectivity index (χ3v) is 6.54. The molecule has 2 aromatic carbocycles. The number of nitriles is 1. The number of benzene rings is 2. The van der Waals surface area contributed by atoms with E-state index in [1.165, 1.54) is 17.3 Å². The molecule has 0 amide bonds. The molecule has 0 atom stereocenters. The Bertz CT molecular complexity index is 1140. The number of aliphatic hydroxyl groups excluding tert-OH is 1. The Balaban J connectivity index is 1.81. The van der Waals surface area contributed by atoms with Crippen LogP contribution in [0, 0.1) is 11.3 Å². The van der Waals surface area contributed by atoms with Crippen LogP contribution in [0.15, 0.2) is 57.9 Å². The van der Waals surface area contributed by atoms with Gasteiger partial charge in [0.2, 0.25) is 0 Å². The molecule has 0 unspecified atom stereocenters. The number of furan rings is 1. The normalized spacial score (nSPS) is 12.5. The Morgan fingerprint density at radius 1 is 1.12 bits per heavy atom. The fourth-order valence-electron chi connectivity index (χ4n) is 3.29. The lowest BCUT2D eigenvalue weighted by molar-refractivity contribution is 0.248. The van der Waals surface area contributed by atoms with Gasteiger partial charge in [-0.05, 0) is 86.7 Å². The van der Waals surface area contributed by atoms with Gasteiger partial charge in [-0.15, -0.1) is 0 Å². The number of anilines is 1. The van der Waals surface area contributed by atoms with Gasteiger partial charge in [-0.3, -0.25) is 4.72 Å². The molecule has 0 saturated carbocycles. The lowest BCUT2D eigenvalue weighted by Crippen LogP contribution is -2.35. The maximum Gasteiger partial charge on any atom is 0.134 e. The Labute approximate surface area is 194 Å². The first-order chi connectivity index (χ1) is 15.4. The number of fused-ring (bicyclic) bond motifs is 1. The summed E-state index contributed by atoms with van der Waals surface area (Å²) in [5.41, 5.74) is 2.63. The molecule has 5 nitrogen and oxygen atoms in total. The Morgan fingerprint density at radius 2 is 1.88 bits per heavy atom. The molecule has 1 aromatic heterocycles. The minimum Gasteiger partial charge on any atom is -0.456 e. The quantitative estimate of drug-likeness (QED) is 0.240. The number of nitrogens with one attached hydrogen (secondary N) is 2. The molecule has 168 valence electrons. The summed E-state index contributed by atoms with van der Waals surface area (Å²) in [4.78, 5) is 0.544. The van der Waals surface area contributed by atoms with Crippen molar-refractivity contribution >= 4 is 34.0 Å². The van der Waals surface area contributed by atoms with Crippen molar-refractivity contribution < 1.29 is 9.52 Å². The highest BCUT2D eigenvalue weighted by Gasteiger charge is 2.19. The fourth-order valence-corrected chi connectivity index (χ4v) is 4.07. The van der Waals surface area contributed by atoms with E-state index in [4.69, 9.17) is 4.42 Å². The second-order valence-electron chi connectivity index (χ2n) is 8.49. The molecule has 32 heavy (non-hydrogen) atoms. The molecule has 3 aromatic rings. The van der Waals surface area contributed by atoms with E-state index in [-0.39, 0.29) is 12.1 Å². The predicted octanol–water partition coefficient (Wildman–Crippen LogP) is 6.58. The smallest absolute Gasteiger partial charge is 0.134 e. The zero-order valence-electron chi connectivity index (χ0n) is 19.2. The lowest BCUT2D eigenvalue weighted by atomic mass is 10.0. The van der Waals surface area contributed by atoms with Gasteiger partial charge < -0.3 is 14.8 Å². The number of allylic oxidation sites excluding steroid dienone is 2. The number of hydrogen-bond acceptors (Lipinski definition) is 6. The average molecular weight is 450 g/mol. The molecule has 0 spiro atoms. The van der Waals surface area contributed by atoms with Crippen molar-refractivity contribution in [2.45, 2.75) is 46.1 Å². The topological polar surface area (TPSA) is 81.2 Å². The Morgan fingerprint density at radius 3 is 2.59 bits per heavy atom. The van der Waals surface area contributed by atoms with Crippen molar-refractivity contribution in [3.8, 4) is 17.4 Å². The molecular weight excluding hydrogens is 418 g/mol. The van der Waals surface area contributed by atoms with Crippen LogP contribution < -0.4 is 10.0 Å². The van der Waals surface area contributed by atoms with Crippen molar-refractivity contribution in [1.82, 2.24) is 4.72 Å². The number of aliphatic hydroxyl groups is 1. The number of rotatable bonds is 10. The van der Waals surface area contributed by atoms with E-state index in [0.29, 0.717) is 17.1 Å². The summed E-state index contributed by atoms with van der Waals surface area (Å²) in [5.74, 6) is 1.44. The van der Waals surface area contributed by atoms with Gasteiger partial charge >= 0.3 is 0 Å². The zero-order chi connectivity index (χ0) is 23.1. The van der Waals surface area contributed by atoms with E-state index < -0.39 is 0 Å².